The third-order valence-electron chi connectivity index (χ3n) is 6.03. The molecule has 1 fully saturated rings. The van der Waals surface area contributed by atoms with Crippen molar-refractivity contribution < 1.29 is 22.7 Å². The Kier molecular flexibility index (Phi) is 6.43. The van der Waals surface area contributed by atoms with Gasteiger partial charge in [0, 0.05) is 31.3 Å². The van der Waals surface area contributed by atoms with E-state index in [0.29, 0.717) is 60.8 Å². The van der Waals surface area contributed by atoms with E-state index in [1.54, 1.807) is 41.0 Å². The molecule has 9 nitrogen and oxygen atoms in total. The van der Waals surface area contributed by atoms with Crippen LogP contribution in [0.3, 0.4) is 0 Å². The lowest BCUT2D eigenvalue weighted by atomic mass is 10.0. The van der Waals surface area contributed by atoms with Gasteiger partial charge in [-0.15, -0.1) is 0 Å². The number of sulfonamides is 1. The van der Waals surface area contributed by atoms with Crippen LogP contribution in [0, 0.1) is 19.8 Å². The lowest BCUT2D eigenvalue weighted by molar-refractivity contribution is -0.116. The highest BCUT2D eigenvalue weighted by molar-refractivity contribution is 7.89. The number of nitrogens with zero attached hydrogens (tertiary/aromatic N) is 3. The van der Waals surface area contributed by atoms with Crippen molar-refractivity contribution in [2.45, 2.75) is 51.5 Å². The molecule has 1 aromatic carbocycles. The summed E-state index contributed by atoms with van der Waals surface area (Å²) in [5.74, 6) is 1.62. The van der Waals surface area contributed by atoms with E-state index in [-0.39, 0.29) is 23.8 Å². The number of carbonyl (C=O) groups is 1. The van der Waals surface area contributed by atoms with Crippen molar-refractivity contribution in [3.05, 3.63) is 29.6 Å². The first-order valence-electron chi connectivity index (χ1n) is 11.0. The molecule has 32 heavy (non-hydrogen) atoms. The number of benzene rings is 1. The topological polar surface area (TPSA) is 103 Å². The van der Waals surface area contributed by atoms with E-state index in [9.17, 15) is 13.2 Å². The zero-order valence-corrected chi connectivity index (χ0v) is 19.6. The first kappa shape index (κ1) is 22.6. The van der Waals surface area contributed by atoms with Gasteiger partial charge in [0.1, 0.15) is 18.1 Å². The third-order valence-corrected chi connectivity index (χ3v) is 8.18. The molecular formula is C22H30N4O5S. The lowest BCUT2D eigenvalue weighted by Crippen LogP contribution is -2.38. The van der Waals surface area contributed by atoms with Crippen LogP contribution < -0.4 is 14.8 Å². The second-order valence-corrected chi connectivity index (χ2v) is 10.3. The van der Waals surface area contributed by atoms with Gasteiger partial charge in [-0.1, -0.05) is 6.92 Å². The molecule has 0 aliphatic carbocycles. The van der Waals surface area contributed by atoms with E-state index >= 15 is 0 Å². The van der Waals surface area contributed by atoms with Gasteiger partial charge in [0.05, 0.1) is 17.9 Å². The molecule has 2 aromatic rings. The van der Waals surface area contributed by atoms with E-state index in [4.69, 9.17) is 9.47 Å². The van der Waals surface area contributed by atoms with Crippen LogP contribution in [0.1, 0.15) is 37.6 Å². The summed E-state index contributed by atoms with van der Waals surface area (Å²) in [6.07, 6.45) is 1.90. The Morgan fingerprint density at radius 1 is 1.16 bits per heavy atom. The maximum absolute atomic E-state index is 13.2. The van der Waals surface area contributed by atoms with Crippen molar-refractivity contribution in [2.75, 3.05) is 31.6 Å². The zero-order chi connectivity index (χ0) is 22.9. The minimum absolute atomic E-state index is 0.164. The molecule has 3 heterocycles. The number of ether oxygens (including phenoxy) is 2. The predicted molar refractivity (Wildman–Crippen MR) is 120 cm³/mol. The summed E-state index contributed by atoms with van der Waals surface area (Å²) < 4.78 is 40.6. The number of aryl methyl sites for hydroxylation is 2. The van der Waals surface area contributed by atoms with Gasteiger partial charge in [-0.05, 0) is 44.7 Å². The van der Waals surface area contributed by atoms with Crippen molar-refractivity contribution in [1.82, 2.24) is 14.1 Å². The number of piperidine rings is 1. The van der Waals surface area contributed by atoms with Crippen LogP contribution in [0.2, 0.25) is 0 Å². The second-order valence-electron chi connectivity index (χ2n) is 8.47. The predicted octanol–water partition coefficient (Wildman–Crippen LogP) is 2.72. The Labute approximate surface area is 188 Å². The van der Waals surface area contributed by atoms with E-state index in [0.717, 1.165) is 12.8 Å². The number of carbonyl (C=O) groups excluding carboxylic acids is 1. The van der Waals surface area contributed by atoms with Crippen molar-refractivity contribution in [3.63, 3.8) is 0 Å². The molecule has 174 valence electrons. The summed E-state index contributed by atoms with van der Waals surface area (Å²) in [5.41, 5.74) is 1.65. The molecule has 0 radical (unpaired) electrons. The number of hydrogen-bond acceptors (Lipinski definition) is 6. The Morgan fingerprint density at radius 2 is 1.84 bits per heavy atom. The van der Waals surface area contributed by atoms with Crippen LogP contribution >= 0.6 is 0 Å². The van der Waals surface area contributed by atoms with Crippen LogP contribution in [-0.2, 0) is 21.4 Å². The molecule has 2 aliphatic rings. The van der Waals surface area contributed by atoms with Crippen molar-refractivity contribution >= 4 is 21.6 Å². The largest absolute Gasteiger partial charge is 0.486 e. The maximum atomic E-state index is 13.2. The number of fused-ring (bicyclic) bond motifs is 1. The third kappa shape index (κ3) is 4.61. The number of nitrogens with one attached hydrogen (secondary N) is 1. The quantitative estimate of drug-likeness (QED) is 0.708. The van der Waals surface area contributed by atoms with Gasteiger partial charge in [0.15, 0.2) is 11.5 Å². The Bertz CT molecular complexity index is 1100. The van der Waals surface area contributed by atoms with Crippen molar-refractivity contribution in [1.29, 1.82) is 0 Å². The van der Waals surface area contributed by atoms with E-state index in [1.807, 2.05) is 0 Å². The fourth-order valence-electron chi connectivity index (χ4n) is 4.18. The fraction of sp³-hybridized carbons (Fsp3) is 0.545. The van der Waals surface area contributed by atoms with Crippen molar-refractivity contribution in [3.8, 4) is 11.5 Å². The standard InChI is InChI=1S/C22H30N4O5S/c1-15-6-9-25(10-7-15)32(28,29)22-16(2)24-26(17(22)3)11-8-21(27)23-18-4-5-19-20(14-18)31-13-12-30-19/h4-5,14-15H,6-13H2,1-3H3,(H,23,27). The normalized spacial score (nSPS) is 17.3. The Hall–Kier alpha value is -2.59. The molecule has 0 unspecified atom stereocenters. The summed E-state index contributed by atoms with van der Waals surface area (Å²) in [6.45, 7) is 7.94. The molecule has 0 saturated carbocycles. The zero-order valence-electron chi connectivity index (χ0n) is 18.8. The van der Waals surface area contributed by atoms with Gasteiger partial charge in [0.2, 0.25) is 15.9 Å². The van der Waals surface area contributed by atoms with Gasteiger partial charge in [-0.3, -0.25) is 9.48 Å². The van der Waals surface area contributed by atoms with Crippen LogP contribution in [0.25, 0.3) is 0 Å². The first-order valence-corrected chi connectivity index (χ1v) is 12.4. The SMILES string of the molecule is Cc1nn(CCC(=O)Nc2ccc3c(c2)OCCO3)c(C)c1S(=O)(=O)N1CCC(C)CC1. The van der Waals surface area contributed by atoms with Gasteiger partial charge in [-0.2, -0.15) is 9.40 Å². The summed E-state index contributed by atoms with van der Waals surface area (Å²) in [6, 6.07) is 5.27. The monoisotopic (exact) mass is 462 g/mol. The average molecular weight is 463 g/mol. The molecular weight excluding hydrogens is 432 g/mol. The lowest BCUT2D eigenvalue weighted by Gasteiger charge is -2.29. The highest BCUT2D eigenvalue weighted by Crippen LogP contribution is 2.32. The van der Waals surface area contributed by atoms with Crippen LogP contribution in [0.5, 0.6) is 11.5 Å². The molecule has 1 aromatic heterocycles. The molecule has 1 N–H and O–H groups in total. The molecule has 0 spiro atoms. The minimum atomic E-state index is -3.60. The molecule has 1 amide bonds. The van der Waals surface area contributed by atoms with Gasteiger partial charge in [-0.25, -0.2) is 8.42 Å². The molecule has 2 aliphatic heterocycles. The highest BCUT2D eigenvalue weighted by atomic mass is 32.2. The summed E-state index contributed by atoms with van der Waals surface area (Å²) in [7, 11) is -3.60. The Morgan fingerprint density at radius 3 is 2.56 bits per heavy atom. The summed E-state index contributed by atoms with van der Waals surface area (Å²) in [5, 5.41) is 7.26. The van der Waals surface area contributed by atoms with Crippen LogP contribution in [0.4, 0.5) is 5.69 Å². The Balaban J connectivity index is 1.41. The number of rotatable bonds is 6. The van der Waals surface area contributed by atoms with Crippen LogP contribution in [0.15, 0.2) is 23.1 Å². The number of aromatic nitrogens is 2. The second kappa shape index (κ2) is 9.11. The number of amides is 1. The molecule has 4 rings (SSSR count). The number of anilines is 1. The van der Waals surface area contributed by atoms with Gasteiger partial charge in [0.25, 0.3) is 0 Å². The molecule has 0 atom stereocenters. The maximum Gasteiger partial charge on any atom is 0.246 e. The van der Waals surface area contributed by atoms with Crippen molar-refractivity contribution in [2.24, 2.45) is 5.92 Å². The average Bonchev–Trinajstić information content (AvgIpc) is 3.06. The summed E-state index contributed by atoms with van der Waals surface area (Å²) in [4.78, 5) is 12.7. The smallest absolute Gasteiger partial charge is 0.246 e. The molecule has 1 saturated heterocycles. The highest BCUT2D eigenvalue weighted by Gasteiger charge is 2.33. The van der Waals surface area contributed by atoms with E-state index < -0.39 is 10.0 Å². The molecule has 10 heteroatoms. The minimum Gasteiger partial charge on any atom is -0.486 e. The summed E-state index contributed by atoms with van der Waals surface area (Å²) >= 11 is 0. The van der Waals surface area contributed by atoms with Gasteiger partial charge >= 0.3 is 0 Å². The van der Waals surface area contributed by atoms with Gasteiger partial charge < -0.3 is 14.8 Å². The molecule has 0 bridgehead atoms. The first-order chi connectivity index (χ1) is 15.3. The fourth-order valence-corrected chi connectivity index (χ4v) is 6.02. The van der Waals surface area contributed by atoms with E-state index in [2.05, 4.69) is 17.3 Å². The van der Waals surface area contributed by atoms with Crippen LogP contribution in [-0.4, -0.2) is 54.7 Å². The number of hydrogen-bond donors (Lipinski definition) is 1. The van der Waals surface area contributed by atoms with E-state index in [1.165, 1.54) is 0 Å².